The van der Waals surface area contributed by atoms with Crippen LogP contribution in [0.2, 0.25) is 0 Å². The molecule has 0 saturated carbocycles. The number of alkyl halides is 2. The Hall–Kier alpha value is 0.180. The van der Waals surface area contributed by atoms with Gasteiger partial charge in [-0.3, -0.25) is 0 Å². The summed E-state index contributed by atoms with van der Waals surface area (Å²) in [7, 11) is 0. The van der Waals surface area contributed by atoms with Gasteiger partial charge in [-0.25, -0.2) is 8.89 Å². The van der Waals surface area contributed by atoms with Crippen molar-refractivity contribution in [2.45, 2.75) is 11.4 Å². The molecule has 64 valence electrons. The molecule has 0 aliphatic carbocycles. The van der Waals surface area contributed by atoms with Gasteiger partial charge < -0.3 is 4.55 Å². The number of hydrogen-bond donors (Lipinski definition) is 1. The second kappa shape index (κ2) is 5.03. The first-order valence-electron chi connectivity index (χ1n) is 2.54. The summed E-state index contributed by atoms with van der Waals surface area (Å²) in [5, 5.41) is 3.15. The molecule has 0 amide bonds. The molecule has 8 heteroatoms. The van der Waals surface area contributed by atoms with Crippen LogP contribution in [0.25, 0.3) is 0 Å². The Kier molecular flexibility index (Phi) is 5.10. The van der Waals surface area contributed by atoms with Gasteiger partial charge in [-0.2, -0.15) is 13.9 Å². The minimum absolute atomic E-state index is 0. The Morgan fingerprint density at radius 1 is 1.67 bits per heavy atom. The van der Waals surface area contributed by atoms with Crippen molar-refractivity contribution < 1.29 is 17.5 Å². The van der Waals surface area contributed by atoms with E-state index >= 15 is 0 Å². The van der Waals surface area contributed by atoms with Crippen LogP contribution in [0.1, 0.15) is 6.55 Å². The van der Waals surface area contributed by atoms with Crippen molar-refractivity contribution in [1.82, 2.24) is 9.78 Å². The van der Waals surface area contributed by atoms with Crippen molar-refractivity contribution in [2.24, 2.45) is 0 Å². The fourth-order valence-electron chi connectivity index (χ4n) is 0.518. The third kappa shape index (κ3) is 2.91. The fraction of sp³-hybridized carbons (Fsp3) is 0.250. The van der Waals surface area contributed by atoms with E-state index in [0.717, 1.165) is 12.4 Å². The molecule has 0 aliphatic rings. The predicted molar refractivity (Wildman–Crippen MR) is 39.7 cm³/mol. The quantitative estimate of drug-likeness (QED) is 0.556. The van der Waals surface area contributed by atoms with Crippen molar-refractivity contribution in [1.29, 1.82) is 0 Å². The molecule has 4 nitrogen and oxygen atoms in total. The summed E-state index contributed by atoms with van der Waals surface area (Å²) < 4.78 is 42.5. The zero-order valence-electron chi connectivity index (χ0n) is 5.15. The number of nitrogens with zero attached hydrogens (tertiary/aromatic N) is 2. The molecule has 1 unspecified atom stereocenters. The number of halogens is 2. The van der Waals surface area contributed by atoms with Crippen molar-refractivity contribution >= 4 is 40.6 Å². The Morgan fingerprint density at radius 3 is 2.50 bits per heavy atom. The number of rotatable bonds is 2. The number of hydrogen-bond acceptors (Lipinski definition) is 2. The topological polar surface area (TPSA) is 55.1 Å². The van der Waals surface area contributed by atoms with Crippen LogP contribution in [0, 0.1) is 0 Å². The van der Waals surface area contributed by atoms with E-state index in [9.17, 15) is 13.0 Å². The molecular weight excluding hydrogens is 201 g/mol. The van der Waals surface area contributed by atoms with E-state index in [2.05, 4.69) is 5.10 Å². The average molecular weight is 206 g/mol. The van der Waals surface area contributed by atoms with Crippen LogP contribution in [-0.2, 0) is 11.1 Å². The van der Waals surface area contributed by atoms with Gasteiger partial charge in [0.1, 0.15) is 4.90 Å². The van der Waals surface area contributed by atoms with Gasteiger partial charge in [0.25, 0.3) is 0 Å². The Labute approximate surface area is 91.5 Å². The van der Waals surface area contributed by atoms with Crippen LogP contribution in [0.3, 0.4) is 0 Å². The zero-order chi connectivity index (χ0) is 8.43. The van der Waals surface area contributed by atoms with Gasteiger partial charge in [-0.15, -0.1) is 0 Å². The third-order valence-corrected chi connectivity index (χ3v) is 1.59. The summed E-state index contributed by atoms with van der Waals surface area (Å²) in [4.78, 5) is -0.134. The maximum atomic E-state index is 11.8. The molecule has 0 bridgehead atoms. The molecule has 1 rings (SSSR count). The second-order valence-corrected chi connectivity index (χ2v) is 2.65. The van der Waals surface area contributed by atoms with Gasteiger partial charge in [0.2, 0.25) is 0 Å². The van der Waals surface area contributed by atoms with Crippen LogP contribution in [0.15, 0.2) is 17.3 Å². The predicted octanol–water partition coefficient (Wildman–Crippen LogP) is 0.210. The van der Waals surface area contributed by atoms with E-state index in [4.69, 9.17) is 4.55 Å². The Balaban J connectivity index is 0.00000121. The summed E-state index contributed by atoms with van der Waals surface area (Å²) >= 11 is -2.24. The van der Waals surface area contributed by atoms with Gasteiger partial charge in [-0.1, -0.05) is 0 Å². The van der Waals surface area contributed by atoms with Crippen LogP contribution in [-0.4, -0.2) is 48.1 Å². The molecule has 0 aromatic carbocycles. The van der Waals surface area contributed by atoms with Gasteiger partial charge in [0.05, 0.1) is 6.20 Å². The van der Waals surface area contributed by atoms with Crippen LogP contribution in [0.4, 0.5) is 8.78 Å². The summed E-state index contributed by atoms with van der Waals surface area (Å²) in [5.41, 5.74) is 0. The van der Waals surface area contributed by atoms with Crippen molar-refractivity contribution in [3.63, 3.8) is 0 Å². The van der Waals surface area contributed by atoms with Crippen LogP contribution < -0.4 is 0 Å². The summed E-state index contributed by atoms with van der Waals surface area (Å²) in [5.74, 6) is 0. The molecule has 0 saturated heterocycles. The monoisotopic (exact) mass is 206 g/mol. The average Bonchev–Trinajstić information content (AvgIpc) is 2.33. The van der Waals surface area contributed by atoms with Gasteiger partial charge in [0, 0.05) is 6.20 Å². The van der Waals surface area contributed by atoms with Crippen LogP contribution >= 0.6 is 0 Å². The molecule has 1 N–H and O–H groups in total. The van der Waals surface area contributed by atoms with Crippen LogP contribution in [0.5, 0.6) is 0 Å². The molecule has 0 fully saturated rings. The first-order chi connectivity index (χ1) is 5.11. The van der Waals surface area contributed by atoms with E-state index in [0.29, 0.717) is 4.68 Å². The first-order valence-corrected chi connectivity index (χ1v) is 3.65. The van der Waals surface area contributed by atoms with Gasteiger partial charge in [-0.05, 0) is 0 Å². The molecule has 1 heterocycles. The molecule has 0 radical (unpaired) electrons. The minimum atomic E-state index is -2.77. The van der Waals surface area contributed by atoms with Gasteiger partial charge in [0.15, 0.2) is 11.1 Å². The molecular formula is C4H5F2N2NaO2S. The Morgan fingerprint density at radius 2 is 2.25 bits per heavy atom. The van der Waals surface area contributed by atoms with E-state index < -0.39 is 17.6 Å². The Bertz CT molecular complexity index is 280. The van der Waals surface area contributed by atoms with E-state index in [-0.39, 0.29) is 34.5 Å². The molecule has 12 heavy (non-hydrogen) atoms. The summed E-state index contributed by atoms with van der Waals surface area (Å²) in [6.45, 7) is -2.77. The van der Waals surface area contributed by atoms with E-state index in [1.807, 2.05) is 0 Å². The fourth-order valence-corrected chi connectivity index (χ4v) is 0.853. The van der Waals surface area contributed by atoms with E-state index in [1.165, 1.54) is 0 Å². The molecule has 0 aliphatic heterocycles. The number of aromatic nitrogens is 2. The SMILES string of the molecule is O=S(O)c1cnn(C(F)F)c1.[NaH]. The summed E-state index contributed by atoms with van der Waals surface area (Å²) in [6, 6.07) is 0. The molecule has 0 spiro atoms. The second-order valence-electron chi connectivity index (χ2n) is 1.68. The van der Waals surface area contributed by atoms with E-state index in [1.54, 1.807) is 0 Å². The van der Waals surface area contributed by atoms with Crippen molar-refractivity contribution in [3.05, 3.63) is 12.4 Å². The van der Waals surface area contributed by atoms with Crippen molar-refractivity contribution in [2.75, 3.05) is 0 Å². The third-order valence-electron chi connectivity index (χ3n) is 0.979. The summed E-state index contributed by atoms with van der Waals surface area (Å²) in [6.07, 6.45) is 1.74. The molecule has 1 aromatic heterocycles. The standard InChI is InChI=1S/C4H4F2N2O2S.Na.H/c5-4(6)8-2-3(1-7-8)11(9)10;;/h1-2,4H,(H,9,10);;. The normalized spacial score (nSPS) is 12.7. The molecule has 1 aromatic rings. The first kappa shape index (κ1) is 12.2. The maximum absolute atomic E-state index is 11.8. The van der Waals surface area contributed by atoms with Gasteiger partial charge >= 0.3 is 36.1 Å². The zero-order valence-corrected chi connectivity index (χ0v) is 5.96. The molecule has 1 atom stereocenters. The van der Waals surface area contributed by atoms with Crippen molar-refractivity contribution in [3.8, 4) is 0 Å².